The maximum absolute atomic E-state index is 13.0. The van der Waals surface area contributed by atoms with E-state index in [0.29, 0.717) is 35.7 Å². The average molecular weight is 442 g/mol. The van der Waals surface area contributed by atoms with Crippen LogP contribution in [0.5, 0.6) is 0 Å². The number of hydrogen-bond donors (Lipinski definition) is 2. The molecular formula is C18H21BrNO5P. The summed E-state index contributed by atoms with van der Waals surface area (Å²) in [4.78, 5) is 44.3. The van der Waals surface area contributed by atoms with Crippen LogP contribution in [0.3, 0.4) is 0 Å². The van der Waals surface area contributed by atoms with Crippen molar-refractivity contribution in [2.24, 2.45) is 11.8 Å². The van der Waals surface area contributed by atoms with Gasteiger partial charge in [-0.2, -0.15) is 5.26 Å². The Morgan fingerprint density at radius 2 is 1.92 bits per heavy atom. The van der Waals surface area contributed by atoms with E-state index in [-0.39, 0.29) is 17.0 Å². The van der Waals surface area contributed by atoms with Crippen molar-refractivity contribution in [3.05, 3.63) is 32.8 Å². The lowest BCUT2D eigenvalue weighted by Gasteiger charge is -2.20. The van der Waals surface area contributed by atoms with Crippen molar-refractivity contribution in [2.75, 3.05) is 0 Å². The van der Waals surface area contributed by atoms with Crippen LogP contribution in [0.15, 0.2) is 10.5 Å². The number of nitriles is 1. The molecule has 1 aromatic rings. The standard InChI is InChI=1S/C18H21BrNO5P/c1-3-10-7-13(18(22)14(8-20)17(21)11-5-6-11)15(9-26(23,24)25)12(4-2)16(10)19/h7,11,14H,3-6,9H2,1-2H3,(H2,23,24,25). The molecule has 1 saturated carbocycles. The smallest absolute Gasteiger partial charge is 0.324 e. The minimum Gasteiger partial charge on any atom is -0.324 e. The highest BCUT2D eigenvalue weighted by Gasteiger charge is 2.40. The fraction of sp³-hybridized carbons (Fsp3) is 0.500. The van der Waals surface area contributed by atoms with E-state index < -0.39 is 31.2 Å². The summed E-state index contributed by atoms with van der Waals surface area (Å²) in [6, 6.07) is 3.35. The number of rotatable bonds is 8. The van der Waals surface area contributed by atoms with Crippen LogP contribution in [-0.4, -0.2) is 21.4 Å². The normalized spacial score (nSPS) is 15.4. The van der Waals surface area contributed by atoms with Crippen LogP contribution >= 0.6 is 23.5 Å². The molecule has 2 rings (SSSR count). The molecular weight excluding hydrogens is 421 g/mol. The number of aryl methyl sites for hydroxylation is 1. The Hall–Kier alpha value is -1.32. The molecule has 0 heterocycles. The molecule has 0 radical (unpaired) electrons. The van der Waals surface area contributed by atoms with E-state index in [1.165, 1.54) is 0 Å². The van der Waals surface area contributed by atoms with Gasteiger partial charge in [0.25, 0.3) is 0 Å². The van der Waals surface area contributed by atoms with Crippen molar-refractivity contribution in [1.82, 2.24) is 0 Å². The van der Waals surface area contributed by atoms with Crippen molar-refractivity contribution in [3.63, 3.8) is 0 Å². The Morgan fingerprint density at radius 1 is 1.31 bits per heavy atom. The van der Waals surface area contributed by atoms with Gasteiger partial charge in [0.2, 0.25) is 0 Å². The van der Waals surface area contributed by atoms with Crippen LogP contribution in [0.4, 0.5) is 0 Å². The fourth-order valence-electron chi connectivity index (χ4n) is 3.06. The van der Waals surface area contributed by atoms with Crippen LogP contribution in [0.25, 0.3) is 0 Å². The van der Waals surface area contributed by atoms with Gasteiger partial charge in [-0.15, -0.1) is 0 Å². The van der Waals surface area contributed by atoms with Gasteiger partial charge >= 0.3 is 7.60 Å². The van der Waals surface area contributed by atoms with Crippen molar-refractivity contribution in [3.8, 4) is 6.07 Å². The summed E-state index contributed by atoms with van der Waals surface area (Å²) in [6.45, 7) is 3.72. The van der Waals surface area contributed by atoms with Crippen LogP contribution in [0.2, 0.25) is 0 Å². The van der Waals surface area contributed by atoms with E-state index in [0.717, 1.165) is 5.56 Å². The third-order valence-corrected chi connectivity index (χ3v) is 6.29. The van der Waals surface area contributed by atoms with Gasteiger partial charge in [0.05, 0.1) is 12.2 Å². The molecule has 0 spiro atoms. The van der Waals surface area contributed by atoms with E-state index in [1.54, 1.807) is 12.1 Å². The summed E-state index contributed by atoms with van der Waals surface area (Å²) in [6.07, 6.45) is 1.81. The summed E-state index contributed by atoms with van der Waals surface area (Å²) < 4.78 is 12.3. The second kappa shape index (κ2) is 8.14. The maximum atomic E-state index is 13.0. The molecule has 0 saturated heterocycles. The van der Waals surface area contributed by atoms with Gasteiger partial charge in [-0.1, -0.05) is 29.8 Å². The van der Waals surface area contributed by atoms with E-state index in [2.05, 4.69) is 15.9 Å². The fourth-order valence-corrected chi connectivity index (χ4v) is 4.74. The largest absolute Gasteiger partial charge is 0.329 e. The summed E-state index contributed by atoms with van der Waals surface area (Å²) in [5, 5.41) is 9.38. The van der Waals surface area contributed by atoms with E-state index >= 15 is 0 Å². The molecule has 140 valence electrons. The summed E-state index contributed by atoms with van der Waals surface area (Å²) >= 11 is 3.46. The quantitative estimate of drug-likeness (QED) is 0.362. The number of carbonyl (C=O) groups is 2. The van der Waals surface area contributed by atoms with Gasteiger partial charge < -0.3 is 9.79 Å². The van der Waals surface area contributed by atoms with Crippen molar-refractivity contribution >= 4 is 35.1 Å². The minimum absolute atomic E-state index is 0.0748. The van der Waals surface area contributed by atoms with Gasteiger partial charge in [0.1, 0.15) is 0 Å². The highest BCUT2D eigenvalue weighted by atomic mass is 79.9. The summed E-state index contributed by atoms with van der Waals surface area (Å²) in [5.41, 5.74) is 1.73. The van der Waals surface area contributed by atoms with E-state index in [1.807, 2.05) is 13.8 Å². The van der Waals surface area contributed by atoms with E-state index in [9.17, 15) is 29.2 Å². The molecule has 1 aliphatic carbocycles. The summed E-state index contributed by atoms with van der Waals surface area (Å²) in [7, 11) is -4.45. The predicted molar refractivity (Wildman–Crippen MR) is 99.8 cm³/mol. The molecule has 8 heteroatoms. The van der Waals surface area contributed by atoms with Gasteiger partial charge in [0.15, 0.2) is 17.5 Å². The van der Waals surface area contributed by atoms with Crippen LogP contribution in [0, 0.1) is 23.2 Å². The first-order valence-corrected chi connectivity index (χ1v) is 11.1. The molecule has 1 atom stereocenters. The number of hydrogen-bond acceptors (Lipinski definition) is 4. The zero-order valence-corrected chi connectivity index (χ0v) is 17.1. The number of benzene rings is 1. The molecule has 6 nitrogen and oxygen atoms in total. The van der Waals surface area contributed by atoms with Gasteiger partial charge in [-0.25, -0.2) is 0 Å². The predicted octanol–water partition coefficient (Wildman–Crippen LogP) is 3.55. The first-order chi connectivity index (χ1) is 12.1. The van der Waals surface area contributed by atoms with Crippen molar-refractivity contribution in [2.45, 2.75) is 45.7 Å². The monoisotopic (exact) mass is 441 g/mol. The topological polar surface area (TPSA) is 115 Å². The average Bonchev–Trinajstić information content (AvgIpc) is 3.39. The van der Waals surface area contributed by atoms with Gasteiger partial charge in [0, 0.05) is 16.0 Å². The minimum atomic E-state index is -4.45. The first-order valence-electron chi connectivity index (χ1n) is 8.49. The van der Waals surface area contributed by atoms with Gasteiger partial charge in [-0.3, -0.25) is 14.2 Å². The van der Waals surface area contributed by atoms with Crippen molar-refractivity contribution in [1.29, 1.82) is 5.26 Å². The molecule has 26 heavy (non-hydrogen) atoms. The molecule has 0 amide bonds. The molecule has 1 aromatic carbocycles. The lowest BCUT2D eigenvalue weighted by molar-refractivity contribution is -0.121. The zero-order chi connectivity index (χ0) is 19.6. The molecule has 0 bridgehead atoms. The lowest BCUT2D eigenvalue weighted by Crippen LogP contribution is -2.26. The Balaban J connectivity index is 2.64. The number of carbonyl (C=O) groups excluding carboxylic acids is 2. The second-order valence-corrected chi connectivity index (χ2v) is 8.93. The highest BCUT2D eigenvalue weighted by Crippen LogP contribution is 2.44. The molecule has 0 aromatic heterocycles. The molecule has 0 aliphatic heterocycles. The third-order valence-electron chi connectivity index (χ3n) is 4.57. The zero-order valence-electron chi connectivity index (χ0n) is 14.7. The van der Waals surface area contributed by atoms with Crippen molar-refractivity contribution < 1.29 is 23.9 Å². The Labute approximate surface area is 160 Å². The summed E-state index contributed by atoms with van der Waals surface area (Å²) in [5.74, 6) is -2.72. The Morgan fingerprint density at radius 3 is 2.35 bits per heavy atom. The number of ketones is 2. The number of halogens is 1. The maximum Gasteiger partial charge on any atom is 0.329 e. The second-order valence-electron chi connectivity index (χ2n) is 6.49. The Bertz CT molecular complexity index is 835. The van der Waals surface area contributed by atoms with E-state index in [4.69, 9.17) is 0 Å². The molecule has 2 N–H and O–H groups in total. The highest BCUT2D eigenvalue weighted by molar-refractivity contribution is 9.10. The molecule has 1 fully saturated rings. The molecule has 1 unspecified atom stereocenters. The first kappa shape index (κ1) is 21.0. The van der Waals surface area contributed by atoms with Crippen LogP contribution < -0.4 is 0 Å². The third kappa shape index (κ3) is 4.50. The van der Waals surface area contributed by atoms with Crippen LogP contribution in [-0.2, 0) is 28.4 Å². The number of nitrogens with zero attached hydrogens (tertiary/aromatic N) is 1. The Kier molecular flexibility index (Phi) is 6.57. The van der Waals surface area contributed by atoms with Crippen LogP contribution in [0.1, 0.15) is 53.7 Å². The molecule has 1 aliphatic rings. The number of Topliss-reactive ketones (excluding diaryl/α,β-unsaturated/α-hetero) is 2. The lowest BCUT2D eigenvalue weighted by atomic mass is 9.87. The van der Waals surface area contributed by atoms with Gasteiger partial charge in [-0.05, 0) is 48.4 Å². The SMILES string of the molecule is CCc1cc(C(=O)C(C#N)C(=O)C2CC2)c(CP(=O)(O)O)c(CC)c1Br.